The van der Waals surface area contributed by atoms with Crippen molar-refractivity contribution in [2.75, 3.05) is 4.90 Å². The lowest BCUT2D eigenvalue weighted by molar-refractivity contribution is 0.794. The van der Waals surface area contributed by atoms with E-state index in [1.165, 1.54) is 55.6 Å². The highest BCUT2D eigenvalue weighted by Gasteiger charge is 2.52. The first-order valence-corrected chi connectivity index (χ1v) is 21.7. The van der Waals surface area contributed by atoms with Gasteiger partial charge in [0.25, 0.3) is 0 Å². The van der Waals surface area contributed by atoms with Crippen molar-refractivity contribution in [3.63, 3.8) is 0 Å². The molecule has 0 saturated carbocycles. The maximum atomic E-state index is 5.50. The summed E-state index contributed by atoms with van der Waals surface area (Å²) in [6.07, 6.45) is 2.26. The predicted molar refractivity (Wildman–Crippen MR) is 260 cm³/mol. The summed E-state index contributed by atoms with van der Waals surface area (Å²) in [6.45, 7) is 0. The molecule has 1 spiro atoms. The molecule has 0 bridgehead atoms. The number of nitrogens with zero attached hydrogens (tertiary/aromatic N) is 3. The standard InChI is InChI=1S/C60H39N3/c1-4-19-40(20-5-1)41-35-37-44(38-36-41)63(55-39-62-59(48-28-11-10-27-47(48)55)56(42-21-6-2-7-22-42)58(61-62)43-23-8-3-9-24-43)54-34-18-33-53-57(54)49-29-14-17-32-52(49)60(53)50-30-15-12-25-45(50)46-26-13-16-31-51(46)60/h1-39H. The van der Waals surface area contributed by atoms with Crippen LogP contribution in [0.25, 0.3) is 72.1 Å². The van der Waals surface area contributed by atoms with Crippen molar-refractivity contribution in [3.8, 4) is 55.8 Å². The van der Waals surface area contributed by atoms with Crippen molar-refractivity contribution >= 4 is 33.4 Å². The van der Waals surface area contributed by atoms with Crippen LogP contribution < -0.4 is 4.90 Å². The van der Waals surface area contributed by atoms with Gasteiger partial charge in [-0.1, -0.05) is 212 Å². The maximum Gasteiger partial charge on any atom is 0.101 e. The topological polar surface area (TPSA) is 20.5 Å². The second-order valence-electron chi connectivity index (χ2n) is 16.6. The zero-order valence-electron chi connectivity index (χ0n) is 34.4. The minimum absolute atomic E-state index is 0.471. The van der Waals surface area contributed by atoms with E-state index >= 15 is 0 Å². The Bertz CT molecular complexity index is 3510. The van der Waals surface area contributed by atoms with Gasteiger partial charge in [0.15, 0.2) is 0 Å². The van der Waals surface area contributed by atoms with Crippen LogP contribution in [0.2, 0.25) is 0 Å². The maximum absolute atomic E-state index is 5.50. The molecule has 0 amide bonds. The van der Waals surface area contributed by atoms with Gasteiger partial charge in [0.05, 0.1) is 28.5 Å². The fraction of sp³-hybridized carbons (Fsp3) is 0.0167. The van der Waals surface area contributed by atoms with E-state index in [-0.39, 0.29) is 0 Å². The minimum atomic E-state index is -0.471. The molecule has 3 heteroatoms. The summed E-state index contributed by atoms with van der Waals surface area (Å²) >= 11 is 0. The molecule has 0 fully saturated rings. The molecular weight excluding hydrogens is 763 g/mol. The fourth-order valence-corrected chi connectivity index (χ4v) is 10.9. The largest absolute Gasteiger partial charge is 0.308 e. The van der Waals surface area contributed by atoms with Crippen LogP contribution in [0.5, 0.6) is 0 Å². The van der Waals surface area contributed by atoms with E-state index in [4.69, 9.17) is 5.10 Å². The number of anilines is 3. The van der Waals surface area contributed by atoms with Crippen LogP contribution in [0.1, 0.15) is 22.3 Å². The van der Waals surface area contributed by atoms with E-state index in [0.717, 1.165) is 55.7 Å². The molecule has 0 N–H and O–H groups in total. The Morgan fingerprint density at radius 1 is 0.349 bits per heavy atom. The molecule has 13 rings (SSSR count). The molecule has 294 valence electrons. The number of aromatic nitrogens is 2. The molecule has 2 aromatic heterocycles. The first-order valence-electron chi connectivity index (χ1n) is 21.7. The number of fused-ring (bicyclic) bond motifs is 13. The van der Waals surface area contributed by atoms with E-state index in [0.29, 0.717) is 0 Å². The average Bonchev–Trinajstić information content (AvgIpc) is 4.00. The van der Waals surface area contributed by atoms with E-state index < -0.39 is 5.41 Å². The predicted octanol–water partition coefficient (Wildman–Crippen LogP) is 15.3. The first kappa shape index (κ1) is 35.5. The molecule has 0 aliphatic heterocycles. The van der Waals surface area contributed by atoms with Gasteiger partial charge in [-0.2, -0.15) is 5.10 Å². The van der Waals surface area contributed by atoms with Crippen LogP contribution in [-0.2, 0) is 5.41 Å². The number of rotatable bonds is 6. The van der Waals surface area contributed by atoms with E-state index in [1.54, 1.807) is 0 Å². The third-order valence-electron chi connectivity index (χ3n) is 13.4. The van der Waals surface area contributed by atoms with Crippen molar-refractivity contribution in [1.82, 2.24) is 9.61 Å². The monoisotopic (exact) mass is 801 g/mol. The van der Waals surface area contributed by atoms with Gasteiger partial charge in [-0.25, -0.2) is 4.52 Å². The molecule has 0 unspecified atom stereocenters. The summed E-state index contributed by atoms with van der Waals surface area (Å²) in [7, 11) is 0. The smallest absolute Gasteiger partial charge is 0.101 e. The molecule has 2 aliphatic rings. The third kappa shape index (κ3) is 5.11. The lowest BCUT2D eigenvalue weighted by atomic mass is 9.70. The van der Waals surface area contributed by atoms with Crippen molar-refractivity contribution in [3.05, 3.63) is 259 Å². The Hall–Kier alpha value is -8.27. The summed E-state index contributed by atoms with van der Waals surface area (Å²) in [5.74, 6) is 0. The van der Waals surface area contributed by atoms with Crippen molar-refractivity contribution < 1.29 is 0 Å². The highest BCUT2D eigenvalue weighted by atomic mass is 15.2. The summed E-state index contributed by atoms with van der Waals surface area (Å²) in [4.78, 5) is 2.49. The number of hydrogen-bond donors (Lipinski definition) is 0. The van der Waals surface area contributed by atoms with Gasteiger partial charge in [-0.05, 0) is 73.8 Å². The van der Waals surface area contributed by atoms with E-state index in [1.807, 2.05) is 0 Å². The highest BCUT2D eigenvalue weighted by molar-refractivity contribution is 6.13. The second-order valence-corrected chi connectivity index (χ2v) is 16.6. The minimum Gasteiger partial charge on any atom is -0.308 e. The van der Waals surface area contributed by atoms with Crippen LogP contribution in [0.15, 0.2) is 237 Å². The Kier molecular flexibility index (Phi) is 7.82. The Morgan fingerprint density at radius 2 is 0.841 bits per heavy atom. The van der Waals surface area contributed by atoms with E-state index in [9.17, 15) is 0 Å². The van der Waals surface area contributed by atoms with Crippen molar-refractivity contribution in [1.29, 1.82) is 0 Å². The highest BCUT2D eigenvalue weighted by Crippen LogP contribution is 2.64. The summed E-state index contributed by atoms with van der Waals surface area (Å²) < 4.78 is 2.13. The van der Waals surface area contributed by atoms with Gasteiger partial charge in [-0.3, -0.25) is 0 Å². The van der Waals surface area contributed by atoms with Crippen LogP contribution in [0.3, 0.4) is 0 Å². The Morgan fingerprint density at radius 3 is 1.49 bits per heavy atom. The van der Waals surface area contributed by atoms with Crippen LogP contribution in [-0.4, -0.2) is 9.61 Å². The number of hydrogen-bond acceptors (Lipinski definition) is 2. The summed E-state index contributed by atoms with van der Waals surface area (Å²) in [6, 6.07) is 84.0. The molecule has 3 nitrogen and oxygen atoms in total. The normalized spacial score (nSPS) is 12.9. The van der Waals surface area contributed by atoms with Gasteiger partial charge in [0.2, 0.25) is 0 Å². The number of benzene rings is 9. The van der Waals surface area contributed by atoms with Gasteiger partial charge >= 0.3 is 0 Å². The Labute approximate surface area is 366 Å². The lowest BCUT2D eigenvalue weighted by Crippen LogP contribution is -2.26. The molecule has 9 aromatic carbocycles. The van der Waals surface area contributed by atoms with Gasteiger partial charge < -0.3 is 4.90 Å². The Balaban J connectivity index is 1.13. The molecular formula is C60H39N3. The first-order chi connectivity index (χ1) is 31.3. The van der Waals surface area contributed by atoms with Crippen LogP contribution in [0.4, 0.5) is 17.1 Å². The van der Waals surface area contributed by atoms with Crippen molar-refractivity contribution in [2.24, 2.45) is 0 Å². The zero-order valence-corrected chi connectivity index (χ0v) is 34.4. The quantitative estimate of drug-likeness (QED) is 0.167. The van der Waals surface area contributed by atoms with E-state index in [2.05, 4.69) is 246 Å². The third-order valence-corrected chi connectivity index (χ3v) is 13.4. The van der Waals surface area contributed by atoms with Gasteiger partial charge in [-0.15, -0.1) is 0 Å². The zero-order chi connectivity index (χ0) is 41.5. The number of pyridine rings is 1. The molecule has 11 aromatic rings. The molecule has 0 radical (unpaired) electrons. The molecule has 2 heterocycles. The van der Waals surface area contributed by atoms with Crippen LogP contribution in [0, 0.1) is 0 Å². The average molecular weight is 802 g/mol. The lowest BCUT2D eigenvalue weighted by Gasteiger charge is -2.32. The van der Waals surface area contributed by atoms with Crippen molar-refractivity contribution in [2.45, 2.75) is 5.41 Å². The van der Waals surface area contributed by atoms with Gasteiger partial charge in [0, 0.05) is 33.2 Å². The fourth-order valence-electron chi connectivity index (χ4n) is 10.9. The molecule has 0 saturated heterocycles. The molecule has 0 atom stereocenters. The second kappa shape index (κ2) is 13.9. The summed E-state index contributed by atoms with van der Waals surface area (Å²) in [5.41, 5.74) is 20.9. The van der Waals surface area contributed by atoms with Gasteiger partial charge in [0.1, 0.15) is 5.69 Å². The molecule has 63 heavy (non-hydrogen) atoms. The SMILES string of the molecule is c1ccc(-c2ccc(N(c3cccc4c3-c3ccccc3C43c4ccccc4-c4ccccc43)c3cn4nc(-c5ccccc5)c(-c5ccccc5)c4c4ccccc34)cc2)cc1. The molecule has 2 aliphatic carbocycles. The van der Waals surface area contributed by atoms with Crippen LogP contribution >= 0.6 is 0 Å². The summed E-state index contributed by atoms with van der Waals surface area (Å²) in [5, 5.41) is 7.78.